The molecule has 0 amide bonds. The number of nitrogens with zero attached hydrogens (tertiary/aromatic N) is 1. The summed E-state index contributed by atoms with van der Waals surface area (Å²) in [5.41, 5.74) is 0.692. The van der Waals surface area contributed by atoms with Crippen molar-refractivity contribution >= 4 is 19.4 Å². The molecule has 0 spiro atoms. The van der Waals surface area contributed by atoms with Crippen molar-refractivity contribution in [3.05, 3.63) is 29.8 Å². The van der Waals surface area contributed by atoms with Gasteiger partial charge in [-0.05, 0) is 6.07 Å². The normalized spacial score (nSPS) is 28.7. The summed E-state index contributed by atoms with van der Waals surface area (Å²) in [5.74, 6) is 0.570. The summed E-state index contributed by atoms with van der Waals surface area (Å²) >= 11 is 5.07. The fourth-order valence-electron chi connectivity index (χ4n) is 1.28. The molecule has 1 aromatic carbocycles. The van der Waals surface area contributed by atoms with Crippen LogP contribution in [0.25, 0.3) is 0 Å². The Morgan fingerprint density at radius 3 is 2.93 bits per heavy atom. The topological polar surface area (TPSA) is 51.5 Å². The van der Waals surface area contributed by atoms with E-state index in [0.29, 0.717) is 11.3 Å². The second-order valence-corrected chi connectivity index (χ2v) is 5.87. The molecule has 1 aliphatic heterocycles. The summed E-state index contributed by atoms with van der Waals surface area (Å²) in [6.07, 6.45) is -0.708. The monoisotopic (exact) mass is 241 g/mol. The van der Waals surface area contributed by atoms with Crippen LogP contribution in [0.1, 0.15) is 11.7 Å². The van der Waals surface area contributed by atoms with Gasteiger partial charge in [0.2, 0.25) is 6.10 Å². The minimum atomic E-state index is -2.79. The van der Waals surface area contributed by atoms with Crippen LogP contribution in [0.2, 0.25) is 0 Å². The first-order valence-corrected chi connectivity index (χ1v) is 6.76. The van der Waals surface area contributed by atoms with Crippen molar-refractivity contribution in [1.82, 2.24) is 0 Å². The third-order valence-corrected chi connectivity index (χ3v) is 4.25. The molecular formula is C9H8NO3PS. The van der Waals surface area contributed by atoms with E-state index in [2.05, 4.69) is 0 Å². The molecule has 1 aliphatic rings. The molecule has 0 saturated carbocycles. The minimum absolute atomic E-state index is 0.570. The van der Waals surface area contributed by atoms with Crippen LogP contribution in [0.4, 0.5) is 0 Å². The van der Waals surface area contributed by atoms with Crippen molar-refractivity contribution in [3.63, 3.8) is 0 Å². The van der Waals surface area contributed by atoms with Crippen molar-refractivity contribution in [3.8, 4) is 11.8 Å². The van der Waals surface area contributed by atoms with E-state index in [1.54, 1.807) is 12.1 Å². The zero-order chi connectivity index (χ0) is 10.9. The van der Waals surface area contributed by atoms with Crippen molar-refractivity contribution in [1.29, 1.82) is 5.26 Å². The average molecular weight is 241 g/mol. The predicted octanol–water partition coefficient (Wildman–Crippen LogP) is 2.53. The summed E-state index contributed by atoms with van der Waals surface area (Å²) in [4.78, 5) is 0. The average Bonchev–Trinajstić information content (AvgIpc) is 2.28. The van der Waals surface area contributed by atoms with Gasteiger partial charge in [-0.3, -0.25) is 0 Å². The first kappa shape index (κ1) is 10.7. The Morgan fingerprint density at radius 2 is 2.27 bits per heavy atom. The van der Waals surface area contributed by atoms with E-state index in [9.17, 15) is 0 Å². The fraction of sp³-hybridized carbons (Fsp3) is 0.222. The van der Waals surface area contributed by atoms with Crippen molar-refractivity contribution in [2.24, 2.45) is 0 Å². The highest BCUT2D eigenvalue weighted by atomic mass is 32.7. The van der Waals surface area contributed by atoms with Gasteiger partial charge in [0.05, 0.1) is 7.11 Å². The summed E-state index contributed by atoms with van der Waals surface area (Å²) in [7, 11) is -1.37. The molecule has 0 aliphatic carbocycles. The number of hydrogen-bond donors (Lipinski definition) is 0. The Bertz CT molecular complexity index is 422. The standard InChI is InChI=1S/C9H8NO3PS/c1-11-14(15)12-8-5-3-2-4-7(8)9(6-10)13-14/h2-5,9H,1H3/t9-,14?/m0/s1. The van der Waals surface area contributed by atoms with Crippen molar-refractivity contribution in [2.75, 3.05) is 7.11 Å². The van der Waals surface area contributed by atoms with E-state index < -0.39 is 13.2 Å². The molecule has 2 rings (SSSR count). The number of para-hydroxylation sites is 1. The Morgan fingerprint density at radius 1 is 1.53 bits per heavy atom. The maximum atomic E-state index is 8.95. The van der Waals surface area contributed by atoms with Gasteiger partial charge in [-0.2, -0.15) is 14.3 Å². The Labute approximate surface area is 93.5 Å². The lowest BCUT2D eigenvalue weighted by Crippen LogP contribution is -2.16. The number of nitriles is 1. The lowest BCUT2D eigenvalue weighted by atomic mass is 10.1. The van der Waals surface area contributed by atoms with Crippen LogP contribution >= 0.6 is 7.15 Å². The molecule has 2 atom stereocenters. The Kier molecular flexibility index (Phi) is 2.85. The van der Waals surface area contributed by atoms with E-state index in [-0.39, 0.29) is 0 Å². The molecule has 0 N–H and O–H groups in total. The van der Waals surface area contributed by atoms with Gasteiger partial charge in [-0.15, -0.1) is 0 Å². The van der Waals surface area contributed by atoms with Gasteiger partial charge in [0.15, 0.2) is 5.75 Å². The highest BCUT2D eigenvalue weighted by Crippen LogP contribution is 2.65. The first-order valence-electron chi connectivity index (χ1n) is 4.21. The largest absolute Gasteiger partial charge is 0.449 e. The van der Waals surface area contributed by atoms with E-state index in [1.807, 2.05) is 18.2 Å². The quantitative estimate of drug-likeness (QED) is 0.558. The highest BCUT2D eigenvalue weighted by molar-refractivity contribution is 8.36. The van der Waals surface area contributed by atoms with E-state index >= 15 is 0 Å². The fourth-order valence-corrected chi connectivity index (χ4v) is 2.81. The van der Waals surface area contributed by atoms with Crippen molar-refractivity contribution < 1.29 is 13.6 Å². The maximum absolute atomic E-state index is 8.95. The van der Waals surface area contributed by atoms with Gasteiger partial charge >= 0.3 is 7.15 Å². The third kappa shape index (κ3) is 1.95. The van der Waals surface area contributed by atoms with Crippen molar-refractivity contribution in [2.45, 2.75) is 6.10 Å². The van der Waals surface area contributed by atoms with Crippen LogP contribution in [-0.2, 0) is 21.3 Å². The third-order valence-electron chi connectivity index (χ3n) is 1.99. The van der Waals surface area contributed by atoms with Crippen LogP contribution < -0.4 is 4.52 Å². The van der Waals surface area contributed by atoms with Gasteiger partial charge in [0.1, 0.15) is 6.07 Å². The smallest absolute Gasteiger partial charge is 0.336 e. The summed E-state index contributed by atoms with van der Waals surface area (Å²) in [6, 6.07) is 9.19. The van der Waals surface area contributed by atoms with E-state index in [4.69, 9.17) is 31.1 Å². The van der Waals surface area contributed by atoms with Crippen LogP contribution in [0.3, 0.4) is 0 Å². The highest BCUT2D eigenvalue weighted by Gasteiger charge is 2.41. The van der Waals surface area contributed by atoms with E-state index in [0.717, 1.165) is 0 Å². The first-order chi connectivity index (χ1) is 7.18. The van der Waals surface area contributed by atoms with Crippen LogP contribution in [0, 0.1) is 11.3 Å². The predicted molar refractivity (Wildman–Crippen MR) is 57.8 cm³/mol. The number of rotatable bonds is 1. The summed E-state index contributed by atoms with van der Waals surface area (Å²) in [6.45, 7) is 0. The molecule has 0 bridgehead atoms. The molecule has 4 nitrogen and oxygen atoms in total. The molecule has 78 valence electrons. The van der Waals surface area contributed by atoms with Crippen LogP contribution in [-0.4, -0.2) is 7.11 Å². The zero-order valence-corrected chi connectivity index (χ0v) is 9.63. The molecule has 1 aromatic rings. The maximum Gasteiger partial charge on any atom is 0.336 e. The molecule has 6 heteroatoms. The second-order valence-electron chi connectivity index (χ2n) is 2.87. The van der Waals surface area contributed by atoms with Gasteiger partial charge in [-0.1, -0.05) is 18.2 Å². The second kappa shape index (κ2) is 3.99. The number of hydrogen-bond acceptors (Lipinski definition) is 5. The molecule has 0 saturated heterocycles. The Balaban J connectivity index is 2.44. The molecule has 1 heterocycles. The lowest BCUT2D eigenvalue weighted by molar-refractivity contribution is 0.174. The molecule has 0 aromatic heterocycles. The van der Waals surface area contributed by atoms with Gasteiger partial charge in [-0.25, -0.2) is 0 Å². The van der Waals surface area contributed by atoms with Gasteiger partial charge in [0.25, 0.3) is 0 Å². The van der Waals surface area contributed by atoms with E-state index in [1.165, 1.54) is 7.11 Å². The van der Waals surface area contributed by atoms with Gasteiger partial charge < -0.3 is 16.8 Å². The zero-order valence-electron chi connectivity index (χ0n) is 7.91. The number of benzene rings is 1. The van der Waals surface area contributed by atoms with Crippen LogP contribution in [0.15, 0.2) is 24.3 Å². The minimum Gasteiger partial charge on any atom is -0.449 e. The SMILES string of the molecule is CO[P+]1([S-])Oc2ccccc2[C@H](C#N)O1. The molecule has 0 fully saturated rings. The number of fused-ring (bicyclic) bond motifs is 1. The summed E-state index contributed by atoms with van der Waals surface area (Å²) < 4.78 is 15.7. The molecule has 0 radical (unpaired) electrons. The van der Waals surface area contributed by atoms with Gasteiger partial charge in [0, 0.05) is 5.56 Å². The molecule has 1 unspecified atom stereocenters. The Hall–Kier alpha value is -0.790. The molecule has 15 heavy (non-hydrogen) atoms. The molecular weight excluding hydrogens is 233 g/mol. The summed E-state index contributed by atoms with van der Waals surface area (Å²) in [5, 5.41) is 8.95. The lowest BCUT2D eigenvalue weighted by Gasteiger charge is -2.32. The van der Waals surface area contributed by atoms with Crippen LogP contribution in [0.5, 0.6) is 5.75 Å².